The van der Waals surface area contributed by atoms with E-state index in [9.17, 15) is 6.85 Å². The van der Waals surface area contributed by atoms with E-state index in [1.165, 1.54) is 20.7 Å². The summed E-state index contributed by atoms with van der Waals surface area (Å²) in [5, 5.41) is 10.5. The second-order valence-corrected chi connectivity index (χ2v) is 26.3. The molecule has 0 aliphatic heterocycles. The van der Waals surface area contributed by atoms with Gasteiger partial charge < -0.3 is 13.7 Å². The Morgan fingerprint density at radius 2 is 0.682 bits per heavy atom. The molecule has 17 aromatic rings. The maximum absolute atomic E-state index is 10.7. The van der Waals surface area contributed by atoms with Gasteiger partial charge in [0.2, 0.25) is 0 Å². The standard InChI is InChI=1S/C84H57N3Si/c1-7-26-58(27-8-1)62-46-48-80-75(55-62)76-57-70(88(68-34-15-5-16-35-68,69-36-17-6-18-37-69)71-53-63(59-28-9-2-10-29-59)50-64(54-71)60-30-11-3-12-31-60)47-49-81(76)87(80)83-45-25-44-82-84(83)74-40-21-24-43-79(74)86(82)67-52-65(61-32-13-4-14-33-61)51-66(56-67)85-77-41-22-19-38-72(77)73-39-20-23-42-78(73)85/h1-57H/i4D,13D,14D,32D,33D,51D,52D,56D. The van der Waals surface area contributed by atoms with Crippen LogP contribution in [-0.4, -0.2) is 21.8 Å². The normalized spacial score (nSPS) is 13.1. The van der Waals surface area contributed by atoms with Crippen molar-refractivity contribution in [3.05, 3.63) is 346 Å². The van der Waals surface area contributed by atoms with Crippen molar-refractivity contribution in [3.8, 4) is 61.6 Å². The van der Waals surface area contributed by atoms with Gasteiger partial charge in [0, 0.05) is 43.7 Å². The predicted molar refractivity (Wildman–Crippen MR) is 375 cm³/mol. The highest BCUT2D eigenvalue weighted by molar-refractivity contribution is 7.20. The highest BCUT2D eigenvalue weighted by Crippen LogP contribution is 2.43. The van der Waals surface area contributed by atoms with Crippen molar-refractivity contribution in [2.24, 2.45) is 0 Å². The Hall–Kier alpha value is -11.3. The van der Waals surface area contributed by atoms with Gasteiger partial charge in [0.1, 0.15) is 0 Å². The van der Waals surface area contributed by atoms with Crippen molar-refractivity contribution in [3.63, 3.8) is 0 Å². The lowest BCUT2D eigenvalue weighted by Gasteiger charge is -2.35. The smallest absolute Gasteiger partial charge is 0.179 e. The van der Waals surface area contributed by atoms with E-state index in [-0.39, 0.29) is 40.6 Å². The molecule has 0 saturated heterocycles. The Balaban J connectivity index is 0.978. The van der Waals surface area contributed by atoms with Crippen molar-refractivity contribution in [2.75, 3.05) is 0 Å². The van der Waals surface area contributed by atoms with Gasteiger partial charge in [0.05, 0.1) is 49.8 Å². The summed E-state index contributed by atoms with van der Waals surface area (Å²) in [4.78, 5) is 0. The Labute approximate surface area is 523 Å². The molecule has 0 radical (unpaired) electrons. The summed E-state index contributed by atoms with van der Waals surface area (Å²) in [7, 11) is -3.33. The molecule has 0 unspecified atom stereocenters. The average molecular weight is 1140 g/mol. The third-order valence-electron chi connectivity index (χ3n) is 17.7. The number of hydrogen-bond donors (Lipinski definition) is 0. The minimum atomic E-state index is -3.33. The fourth-order valence-electron chi connectivity index (χ4n) is 13.9. The lowest BCUT2D eigenvalue weighted by Crippen LogP contribution is -2.74. The first-order chi connectivity index (χ1) is 47.0. The molecule has 0 aliphatic carbocycles. The number of para-hydroxylation sites is 3. The molecular weight excluding hydrogens is 1080 g/mol. The monoisotopic (exact) mass is 1140 g/mol. The third-order valence-corrected chi connectivity index (χ3v) is 22.4. The summed E-state index contributed by atoms with van der Waals surface area (Å²) in [6.45, 7) is 0. The van der Waals surface area contributed by atoms with Crippen molar-refractivity contribution in [1.29, 1.82) is 0 Å². The predicted octanol–water partition coefficient (Wildman–Crippen LogP) is 19.0. The van der Waals surface area contributed by atoms with Crippen LogP contribution in [0.4, 0.5) is 0 Å². The van der Waals surface area contributed by atoms with Gasteiger partial charge in [-0.15, -0.1) is 0 Å². The highest BCUT2D eigenvalue weighted by Gasteiger charge is 2.42. The van der Waals surface area contributed by atoms with Crippen LogP contribution >= 0.6 is 0 Å². The van der Waals surface area contributed by atoms with Crippen molar-refractivity contribution < 1.29 is 11.0 Å². The van der Waals surface area contributed by atoms with Crippen molar-refractivity contribution in [1.82, 2.24) is 13.7 Å². The first-order valence-electron chi connectivity index (χ1n) is 33.8. The highest BCUT2D eigenvalue weighted by atomic mass is 28.3. The molecule has 3 nitrogen and oxygen atoms in total. The van der Waals surface area contributed by atoms with E-state index in [1.54, 1.807) is 0 Å². The zero-order valence-electron chi connectivity index (χ0n) is 55.6. The summed E-state index contributed by atoms with van der Waals surface area (Å²) in [5.74, 6) is 0. The zero-order chi connectivity index (χ0) is 65.1. The van der Waals surface area contributed by atoms with Gasteiger partial charge in [-0.1, -0.05) is 273 Å². The summed E-state index contributed by atoms with van der Waals surface area (Å²) in [6.07, 6.45) is 0. The van der Waals surface area contributed by atoms with Gasteiger partial charge in [0.25, 0.3) is 0 Å². The van der Waals surface area contributed by atoms with Crippen molar-refractivity contribution >= 4 is 94.2 Å². The Bertz CT molecular complexity index is 5810. The third kappa shape index (κ3) is 8.25. The topological polar surface area (TPSA) is 14.8 Å². The van der Waals surface area contributed by atoms with E-state index in [2.05, 4.69) is 217 Å². The SMILES string of the molecule is [2H]c1c([2H])c([2H])c(-c2c([2H])c(-n3c4ccccc4c4ccccc43)c([2H])c(-n3c4ccccc4c4c(-n5c6ccc(-c7ccccc7)cc6c6cc([Si](c7ccccc7)(c7ccccc7)c7cc(-c8ccccc8)cc(-c8ccccc8)c7)ccc65)cccc43)c2[2H])c([2H])c1[2H]. The summed E-state index contributed by atoms with van der Waals surface area (Å²) in [5.41, 5.74) is 11.9. The molecule has 0 fully saturated rings. The maximum atomic E-state index is 10.7. The van der Waals surface area contributed by atoms with Crippen LogP contribution in [0.3, 0.4) is 0 Å². The molecule has 17 rings (SSSR count). The number of rotatable bonds is 11. The molecule has 0 saturated carbocycles. The second-order valence-electron chi connectivity index (χ2n) is 22.5. The molecule has 0 spiro atoms. The van der Waals surface area contributed by atoms with Crippen LogP contribution in [-0.2, 0) is 0 Å². The number of benzene rings is 14. The molecule has 0 N–H and O–H groups in total. The molecule has 3 aromatic heterocycles. The number of fused-ring (bicyclic) bond motifs is 9. The maximum Gasteiger partial charge on any atom is 0.179 e. The van der Waals surface area contributed by atoms with Gasteiger partial charge in [-0.05, 0) is 138 Å². The average Bonchev–Trinajstić information content (AvgIpc) is 1.43. The van der Waals surface area contributed by atoms with Crippen LogP contribution in [0, 0.1) is 0 Å². The van der Waals surface area contributed by atoms with Gasteiger partial charge in [0.15, 0.2) is 8.07 Å². The van der Waals surface area contributed by atoms with Crippen LogP contribution in [0.1, 0.15) is 11.0 Å². The molecule has 14 aromatic carbocycles. The lowest BCUT2D eigenvalue weighted by molar-refractivity contribution is 1.13. The lowest BCUT2D eigenvalue weighted by atomic mass is 9.99. The molecule has 0 atom stereocenters. The molecule has 0 aliphatic rings. The van der Waals surface area contributed by atoms with E-state index in [4.69, 9.17) is 4.11 Å². The fourth-order valence-corrected chi connectivity index (χ4v) is 18.7. The van der Waals surface area contributed by atoms with E-state index < -0.39 is 38.3 Å². The zero-order valence-corrected chi connectivity index (χ0v) is 48.6. The van der Waals surface area contributed by atoms with Crippen LogP contribution < -0.4 is 20.7 Å². The summed E-state index contributed by atoms with van der Waals surface area (Å²) >= 11 is 0. The van der Waals surface area contributed by atoms with E-state index in [0.717, 1.165) is 82.4 Å². The van der Waals surface area contributed by atoms with E-state index in [0.29, 0.717) is 22.1 Å². The number of nitrogens with zero attached hydrogens (tertiary/aromatic N) is 3. The largest absolute Gasteiger partial charge is 0.309 e. The summed E-state index contributed by atoms with van der Waals surface area (Å²) in [6, 6.07) is 101. The first-order valence-corrected chi connectivity index (χ1v) is 31.8. The minimum absolute atomic E-state index is 0.0854. The molecule has 412 valence electrons. The van der Waals surface area contributed by atoms with Gasteiger partial charge in [-0.2, -0.15) is 0 Å². The van der Waals surface area contributed by atoms with E-state index >= 15 is 0 Å². The fraction of sp³-hybridized carbons (Fsp3) is 0. The molecule has 4 heteroatoms. The second kappa shape index (κ2) is 21.0. The number of aromatic nitrogens is 3. The molecule has 0 bridgehead atoms. The minimum Gasteiger partial charge on any atom is -0.309 e. The van der Waals surface area contributed by atoms with E-state index in [1.807, 2.05) is 94.1 Å². The molecule has 3 heterocycles. The summed E-state index contributed by atoms with van der Waals surface area (Å²) < 4.78 is 82.8. The quantitative estimate of drug-likeness (QED) is 0.0906. The van der Waals surface area contributed by atoms with Gasteiger partial charge >= 0.3 is 0 Å². The first kappa shape index (κ1) is 43.3. The van der Waals surface area contributed by atoms with Gasteiger partial charge in [-0.3, -0.25) is 0 Å². The van der Waals surface area contributed by atoms with Crippen LogP contribution in [0.25, 0.3) is 127 Å². The molecular formula is C84H57N3Si. The Kier molecular flexibility index (Phi) is 10.4. The number of hydrogen-bond acceptors (Lipinski definition) is 0. The van der Waals surface area contributed by atoms with Gasteiger partial charge in [-0.25, -0.2) is 0 Å². The molecule has 88 heavy (non-hydrogen) atoms. The van der Waals surface area contributed by atoms with Crippen LogP contribution in [0.2, 0.25) is 0 Å². The van der Waals surface area contributed by atoms with Crippen LogP contribution in [0.15, 0.2) is 346 Å². The molecule has 0 amide bonds. The van der Waals surface area contributed by atoms with Crippen molar-refractivity contribution in [2.45, 2.75) is 0 Å². The Morgan fingerprint density at radius 3 is 1.25 bits per heavy atom. The van der Waals surface area contributed by atoms with Crippen LogP contribution in [0.5, 0.6) is 0 Å². The Morgan fingerprint density at radius 1 is 0.239 bits per heavy atom.